The molecule has 3 nitrogen and oxygen atoms in total. The fourth-order valence-electron chi connectivity index (χ4n) is 0.767. The van der Waals surface area contributed by atoms with Gasteiger partial charge in [0.05, 0.1) is 11.9 Å². The zero-order chi connectivity index (χ0) is 9.78. The van der Waals surface area contributed by atoms with Crippen molar-refractivity contribution in [3.63, 3.8) is 0 Å². The molecule has 1 saturated heterocycles. The quantitative estimate of drug-likeness (QED) is 0.546. The lowest BCUT2D eigenvalue weighted by Crippen LogP contribution is -2.15. The SMILES string of the molecule is C=C1CC[C@H](C)O1.CC(C)(O)O. The van der Waals surface area contributed by atoms with Gasteiger partial charge in [-0.3, -0.25) is 0 Å². The molecule has 72 valence electrons. The van der Waals surface area contributed by atoms with Crippen molar-refractivity contribution in [3.05, 3.63) is 12.3 Å². The van der Waals surface area contributed by atoms with Gasteiger partial charge >= 0.3 is 0 Å². The van der Waals surface area contributed by atoms with E-state index in [1.165, 1.54) is 13.8 Å². The second kappa shape index (κ2) is 4.48. The maximum absolute atomic E-state index is 8.08. The Morgan fingerprint density at radius 2 is 1.92 bits per heavy atom. The summed E-state index contributed by atoms with van der Waals surface area (Å²) in [5.41, 5.74) is 0. The van der Waals surface area contributed by atoms with Gasteiger partial charge in [0, 0.05) is 6.42 Å². The van der Waals surface area contributed by atoms with E-state index in [1.54, 1.807) is 0 Å². The first kappa shape index (κ1) is 11.5. The van der Waals surface area contributed by atoms with Gasteiger partial charge < -0.3 is 14.9 Å². The van der Waals surface area contributed by atoms with Crippen molar-refractivity contribution < 1.29 is 14.9 Å². The Balaban J connectivity index is 0.000000217. The number of ether oxygens (including phenoxy) is 1. The fraction of sp³-hybridized carbons (Fsp3) is 0.778. The maximum atomic E-state index is 8.08. The summed E-state index contributed by atoms with van der Waals surface area (Å²) in [5.74, 6) is -0.549. The van der Waals surface area contributed by atoms with Crippen LogP contribution in [-0.2, 0) is 4.74 Å². The largest absolute Gasteiger partial charge is 0.496 e. The van der Waals surface area contributed by atoms with Crippen molar-refractivity contribution in [2.45, 2.75) is 45.5 Å². The van der Waals surface area contributed by atoms with Crippen LogP contribution in [0.1, 0.15) is 33.6 Å². The van der Waals surface area contributed by atoms with E-state index >= 15 is 0 Å². The molecule has 1 heterocycles. The van der Waals surface area contributed by atoms with Crippen LogP contribution in [0.5, 0.6) is 0 Å². The molecular formula is C9H18O3. The summed E-state index contributed by atoms with van der Waals surface area (Å²) < 4.78 is 5.17. The van der Waals surface area contributed by atoms with E-state index in [1.807, 2.05) is 0 Å². The predicted octanol–water partition coefficient (Wildman–Crippen LogP) is 1.41. The molecule has 0 amide bonds. The molecule has 0 aliphatic carbocycles. The molecule has 0 aromatic rings. The number of hydrogen-bond acceptors (Lipinski definition) is 3. The molecule has 0 radical (unpaired) electrons. The Kier molecular flexibility index (Phi) is 4.28. The molecule has 1 aliphatic heterocycles. The van der Waals surface area contributed by atoms with Crippen LogP contribution >= 0.6 is 0 Å². The van der Waals surface area contributed by atoms with Crippen molar-refractivity contribution in [1.82, 2.24) is 0 Å². The van der Waals surface area contributed by atoms with E-state index < -0.39 is 5.79 Å². The van der Waals surface area contributed by atoms with Gasteiger partial charge in [0.2, 0.25) is 0 Å². The summed E-state index contributed by atoms with van der Waals surface area (Å²) in [6, 6.07) is 0. The summed E-state index contributed by atoms with van der Waals surface area (Å²) >= 11 is 0. The first-order valence-electron chi connectivity index (χ1n) is 4.08. The fourth-order valence-corrected chi connectivity index (χ4v) is 0.767. The van der Waals surface area contributed by atoms with Crippen molar-refractivity contribution >= 4 is 0 Å². The van der Waals surface area contributed by atoms with Gasteiger partial charge in [0.15, 0.2) is 5.79 Å². The molecule has 1 aliphatic rings. The lowest BCUT2D eigenvalue weighted by molar-refractivity contribution is -0.127. The summed E-state index contributed by atoms with van der Waals surface area (Å²) in [6.07, 6.45) is 2.63. The minimum atomic E-state index is -1.50. The van der Waals surface area contributed by atoms with E-state index in [-0.39, 0.29) is 0 Å². The Hall–Kier alpha value is -0.540. The van der Waals surface area contributed by atoms with Crippen molar-refractivity contribution in [1.29, 1.82) is 0 Å². The van der Waals surface area contributed by atoms with Crippen LogP contribution in [0.3, 0.4) is 0 Å². The van der Waals surface area contributed by atoms with Crippen molar-refractivity contribution in [2.24, 2.45) is 0 Å². The van der Waals surface area contributed by atoms with Gasteiger partial charge in [-0.05, 0) is 27.2 Å². The molecule has 1 rings (SSSR count). The van der Waals surface area contributed by atoms with Crippen LogP contribution in [0.15, 0.2) is 12.3 Å². The lowest BCUT2D eigenvalue weighted by Gasteiger charge is -2.03. The second-order valence-corrected chi connectivity index (χ2v) is 3.50. The average molecular weight is 174 g/mol. The van der Waals surface area contributed by atoms with Crippen LogP contribution in [0.2, 0.25) is 0 Å². The molecule has 1 atom stereocenters. The van der Waals surface area contributed by atoms with Crippen LogP contribution in [0.4, 0.5) is 0 Å². The molecule has 0 aromatic heterocycles. The minimum Gasteiger partial charge on any atom is -0.496 e. The third kappa shape index (κ3) is 9.46. The van der Waals surface area contributed by atoms with E-state index in [2.05, 4.69) is 13.5 Å². The Morgan fingerprint density at radius 1 is 1.50 bits per heavy atom. The zero-order valence-electron chi connectivity index (χ0n) is 8.00. The first-order chi connectivity index (χ1) is 5.29. The predicted molar refractivity (Wildman–Crippen MR) is 47.4 cm³/mol. The van der Waals surface area contributed by atoms with Gasteiger partial charge in [-0.1, -0.05) is 6.58 Å². The zero-order valence-corrected chi connectivity index (χ0v) is 8.00. The molecule has 1 fully saturated rings. The highest BCUT2D eigenvalue weighted by Gasteiger charge is 2.12. The number of allylic oxidation sites excluding steroid dienone is 1. The van der Waals surface area contributed by atoms with Crippen molar-refractivity contribution in [3.8, 4) is 0 Å². The topological polar surface area (TPSA) is 49.7 Å². The second-order valence-electron chi connectivity index (χ2n) is 3.50. The van der Waals surface area contributed by atoms with E-state index in [9.17, 15) is 0 Å². The first-order valence-corrected chi connectivity index (χ1v) is 4.08. The normalized spacial score (nSPS) is 22.8. The van der Waals surface area contributed by atoms with E-state index in [4.69, 9.17) is 14.9 Å². The third-order valence-electron chi connectivity index (χ3n) is 1.20. The van der Waals surface area contributed by atoms with Crippen LogP contribution in [-0.4, -0.2) is 22.1 Å². The summed E-state index contributed by atoms with van der Waals surface area (Å²) in [6.45, 7) is 8.35. The summed E-state index contributed by atoms with van der Waals surface area (Å²) in [4.78, 5) is 0. The number of rotatable bonds is 0. The van der Waals surface area contributed by atoms with E-state index in [0.717, 1.165) is 18.6 Å². The monoisotopic (exact) mass is 174 g/mol. The molecule has 0 unspecified atom stereocenters. The molecule has 0 bridgehead atoms. The molecule has 0 spiro atoms. The standard InChI is InChI=1S/C6H10O.C3H8O2/c1-5-3-4-6(2)7-5;1-3(2,4)5/h6H,1,3-4H2,2H3;4-5H,1-2H3/t6-;/m0./s1. The average Bonchev–Trinajstić information content (AvgIpc) is 2.09. The van der Waals surface area contributed by atoms with Crippen LogP contribution in [0.25, 0.3) is 0 Å². The molecule has 0 saturated carbocycles. The van der Waals surface area contributed by atoms with Gasteiger partial charge in [-0.25, -0.2) is 0 Å². The highest BCUT2D eigenvalue weighted by atomic mass is 16.5. The Morgan fingerprint density at radius 3 is 2.00 bits per heavy atom. The van der Waals surface area contributed by atoms with Crippen LogP contribution in [0, 0.1) is 0 Å². The van der Waals surface area contributed by atoms with Crippen molar-refractivity contribution in [2.75, 3.05) is 0 Å². The molecular weight excluding hydrogens is 156 g/mol. The van der Waals surface area contributed by atoms with Gasteiger partial charge in [0.25, 0.3) is 0 Å². The molecule has 3 heteroatoms. The smallest absolute Gasteiger partial charge is 0.156 e. The summed E-state index contributed by atoms with van der Waals surface area (Å²) in [7, 11) is 0. The lowest BCUT2D eigenvalue weighted by atomic mass is 10.2. The molecule has 0 aromatic carbocycles. The van der Waals surface area contributed by atoms with Gasteiger partial charge in [0.1, 0.15) is 0 Å². The molecule has 12 heavy (non-hydrogen) atoms. The Bertz CT molecular complexity index is 140. The maximum Gasteiger partial charge on any atom is 0.156 e. The number of aliphatic hydroxyl groups is 2. The third-order valence-corrected chi connectivity index (χ3v) is 1.20. The molecule has 2 N–H and O–H groups in total. The highest BCUT2D eigenvalue weighted by Crippen LogP contribution is 2.19. The summed E-state index contributed by atoms with van der Waals surface area (Å²) in [5, 5.41) is 16.2. The van der Waals surface area contributed by atoms with Gasteiger partial charge in [-0.15, -0.1) is 0 Å². The van der Waals surface area contributed by atoms with E-state index in [0.29, 0.717) is 6.10 Å². The van der Waals surface area contributed by atoms with Crippen LogP contribution < -0.4 is 0 Å². The minimum absolute atomic E-state index is 0.424. The van der Waals surface area contributed by atoms with Gasteiger partial charge in [-0.2, -0.15) is 0 Å². The Labute approximate surface area is 73.7 Å². The highest BCUT2D eigenvalue weighted by molar-refractivity contribution is 4.89. The number of hydrogen-bond donors (Lipinski definition) is 2.